The van der Waals surface area contributed by atoms with E-state index in [9.17, 15) is 4.79 Å². The number of halogens is 3. The van der Waals surface area contributed by atoms with Crippen LogP contribution in [0.25, 0.3) is 0 Å². The molecule has 1 unspecified atom stereocenters. The summed E-state index contributed by atoms with van der Waals surface area (Å²) < 4.78 is 0. The summed E-state index contributed by atoms with van der Waals surface area (Å²) in [4.78, 5) is 21.2. The van der Waals surface area contributed by atoms with E-state index in [0.29, 0.717) is 24.7 Å². The van der Waals surface area contributed by atoms with Crippen molar-refractivity contribution in [3.63, 3.8) is 0 Å². The highest BCUT2D eigenvalue weighted by Crippen LogP contribution is 2.10. The Hall–Kier alpha value is -0.150. The van der Waals surface area contributed by atoms with Gasteiger partial charge >= 0.3 is 0 Å². The van der Waals surface area contributed by atoms with Crippen LogP contribution in [0.3, 0.4) is 0 Å². The first-order valence-electron chi connectivity index (χ1n) is 7.92. The van der Waals surface area contributed by atoms with Crippen molar-refractivity contribution in [3.8, 4) is 0 Å². The molecule has 1 fully saturated rings. The smallest absolute Gasteiger partial charge is 0.270 e. The quantitative estimate of drug-likeness (QED) is 0.680. The summed E-state index contributed by atoms with van der Waals surface area (Å²) in [7, 11) is 2.16. The fraction of sp³-hybridized carbons (Fsp3) is 0.733. The lowest BCUT2D eigenvalue weighted by Gasteiger charge is -2.33. The number of nitrogens with zero attached hydrogens (tertiary/aromatic N) is 3. The molecule has 0 aromatic carbocycles. The number of hydrogen-bond donors (Lipinski definition) is 2. The molecule has 6 nitrogen and oxygen atoms in total. The lowest BCUT2D eigenvalue weighted by Crippen LogP contribution is -2.46. The Bertz CT molecular complexity index is 483. The Morgan fingerprint density at radius 1 is 1.32 bits per heavy atom. The number of rotatable bonds is 7. The van der Waals surface area contributed by atoms with Crippen LogP contribution >= 0.6 is 48.6 Å². The molecule has 2 heterocycles. The number of piperazine rings is 1. The number of nitrogens with one attached hydrogen (secondary N) is 1. The maximum atomic E-state index is 12.1. The summed E-state index contributed by atoms with van der Waals surface area (Å²) in [5, 5.41) is 5.73. The van der Waals surface area contributed by atoms with Crippen LogP contribution in [-0.2, 0) is 6.42 Å². The SMILES string of the molecule is CC(CNC(=O)c1csc(CCN)n1)CN1CCN(C)CC1.Cl.Cl.Cl. The van der Waals surface area contributed by atoms with Crippen LogP contribution in [-0.4, -0.2) is 73.6 Å². The number of carbonyl (C=O) groups is 1. The number of amides is 1. The van der Waals surface area contributed by atoms with Gasteiger partial charge in [-0.25, -0.2) is 4.98 Å². The minimum Gasteiger partial charge on any atom is -0.350 e. The number of hydrogen-bond acceptors (Lipinski definition) is 6. The van der Waals surface area contributed by atoms with E-state index in [-0.39, 0.29) is 43.1 Å². The Kier molecular flexibility index (Phi) is 15.1. The molecule has 148 valence electrons. The van der Waals surface area contributed by atoms with Crippen molar-refractivity contribution in [2.45, 2.75) is 13.3 Å². The number of carbonyl (C=O) groups excluding carboxylic acids is 1. The van der Waals surface area contributed by atoms with Crippen LogP contribution in [0.15, 0.2) is 5.38 Å². The Morgan fingerprint density at radius 2 is 1.96 bits per heavy atom. The molecule has 1 atom stereocenters. The second-order valence-electron chi connectivity index (χ2n) is 6.08. The first-order chi connectivity index (χ1) is 10.6. The highest BCUT2D eigenvalue weighted by Gasteiger charge is 2.17. The molecule has 1 aliphatic rings. The highest BCUT2D eigenvalue weighted by atomic mass is 35.5. The molecule has 10 heteroatoms. The number of aromatic nitrogens is 1. The summed E-state index contributed by atoms with van der Waals surface area (Å²) >= 11 is 1.50. The minimum absolute atomic E-state index is 0. The van der Waals surface area contributed by atoms with Crippen LogP contribution in [0.2, 0.25) is 0 Å². The van der Waals surface area contributed by atoms with Gasteiger partial charge in [0.1, 0.15) is 5.69 Å². The molecular weight excluding hydrogens is 405 g/mol. The summed E-state index contributed by atoms with van der Waals surface area (Å²) in [5.41, 5.74) is 6.01. The van der Waals surface area contributed by atoms with Crippen molar-refractivity contribution in [2.75, 3.05) is 52.9 Å². The molecule has 2 rings (SSSR count). The first kappa shape index (κ1) is 27.1. The number of thiazole rings is 1. The molecule has 0 aliphatic carbocycles. The van der Waals surface area contributed by atoms with Gasteiger partial charge in [-0.2, -0.15) is 0 Å². The van der Waals surface area contributed by atoms with Crippen molar-refractivity contribution < 1.29 is 4.79 Å². The summed E-state index contributed by atoms with van der Waals surface area (Å²) in [6, 6.07) is 0. The average Bonchev–Trinajstić information content (AvgIpc) is 2.96. The zero-order valence-corrected chi connectivity index (χ0v) is 18.0. The lowest BCUT2D eigenvalue weighted by atomic mass is 10.1. The molecule has 3 N–H and O–H groups in total. The van der Waals surface area contributed by atoms with Crippen LogP contribution in [0.4, 0.5) is 0 Å². The van der Waals surface area contributed by atoms with Gasteiger partial charge in [0, 0.05) is 51.1 Å². The van der Waals surface area contributed by atoms with Gasteiger partial charge in [-0.05, 0) is 19.5 Å². The topological polar surface area (TPSA) is 74.5 Å². The molecule has 1 saturated heterocycles. The molecule has 1 aromatic rings. The molecule has 1 aromatic heterocycles. The van der Waals surface area contributed by atoms with Crippen molar-refractivity contribution in [3.05, 3.63) is 16.1 Å². The Morgan fingerprint density at radius 3 is 2.56 bits per heavy atom. The van der Waals surface area contributed by atoms with Crippen molar-refractivity contribution in [1.29, 1.82) is 0 Å². The third-order valence-corrected chi connectivity index (χ3v) is 4.83. The van der Waals surface area contributed by atoms with Gasteiger partial charge in [-0.1, -0.05) is 6.92 Å². The van der Waals surface area contributed by atoms with Crippen LogP contribution in [0, 0.1) is 5.92 Å². The Labute approximate surface area is 173 Å². The van der Waals surface area contributed by atoms with Gasteiger partial charge in [-0.3, -0.25) is 4.79 Å². The molecule has 25 heavy (non-hydrogen) atoms. The van der Waals surface area contributed by atoms with Gasteiger partial charge in [0.05, 0.1) is 5.01 Å². The summed E-state index contributed by atoms with van der Waals surface area (Å²) in [5.74, 6) is 0.360. The normalized spacial score (nSPS) is 16.1. The number of likely N-dealkylation sites (N-methyl/N-ethyl adjacent to an activating group) is 1. The second-order valence-corrected chi connectivity index (χ2v) is 7.03. The molecule has 1 aliphatic heterocycles. The fourth-order valence-electron chi connectivity index (χ4n) is 2.55. The molecular formula is C15H30Cl3N5OS. The van der Waals surface area contributed by atoms with Crippen molar-refractivity contribution >= 4 is 54.5 Å². The fourth-order valence-corrected chi connectivity index (χ4v) is 3.34. The van der Waals surface area contributed by atoms with Gasteiger partial charge in [0.2, 0.25) is 0 Å². The molecule has 0 bridgehead atoms. The van der Waals surface area contributed by atoms with E-state index < -0.39 is 0 Å². The van der Waals surface area contributed by atoms with Crippen molar-refractivity contribution in [1.82, 2.24) is 20.1 Å². The van der Waals surface area contributed by atoms with Crippen LogP contribution < -0.4 is 11.1 Å². The van der Waals surface area contributed by atoms with E-state index in [1.807, 2.05) is 5.38 Å². The molecule has 0 spiro atoms. The monoisotopic (exact) mass is 433 g/mol. The third-order valence-electron chi connectivity index (χ3n) is 3.92. The van der Waals surface area contributed by atoms with E-state index in [2.05, 4.69) is 34.1 Å². The molecule has 1 amide bonds. The van der Waals surface area contributed by atoms with Gasteiger partial charge in [-0.15, -0.1) is 48.6 Å². The van der Waals surface area contributed by atoms with E-state index in [0.717, 1.165) is 44.2 Å². The maximum absolute atomic E-state index is 12.1. The highest BCUT2D eigenvalue weighted by molar-refractivity contribution is 7.09. The predicted octanol–water partition coefficient (Wildman–Crippen LogP) is 1.52. The van der Waals surface area contributed by atoms with Gasteiger partial charge in [0.15, 0.2) is 0 Å². The molecule has 0 radical (unpaired) electrons. The van der Waals surface area contributed by atoms with Crippen LogP contribution in [0.5, 0.6) is 0 Å². The average molecular weight is 435 g/mol. The number of nitrogens with two attached hydrogens (primary N) is 1. The van der Waals surface area contributed by atoms with E-state index in [1.165, 1.54) is 11.3 Å². The largest absolute Gasteiger partial charge is 0.350 e. The standard InChI is InChI=1S/C15H27N5OS.3ClH/c1-12(10-20-7-5-19(2)6-8-20)9-17-15(21)13-11-22-14(18-13)3-4-16;;;/h11-12H,3-10,16H2,1-2H3,(H,17,21);3*1H. The van der Waals surface area contributed by atoms with E-state index >= 15 is 0 Å². The van der Waals surface area contributed by atoms with E-state index in [1.54, 1.807) is 0 Å². The van der Waals surface area contributed by atoms with Gasteiger partial charge < -0.3 is 20.9 Å². The van der Waals surface area contributed by atoms with E-state index in [4.69, 9.17) is 5.73 Å². The second kappa shape index (κ2) is 14.0. The maximum Gasteiger partial charge on any atom is 0.270 e. The zero-order chi connectivity index (χ0) is 15.9. The molecule has 0 saturated carbocycles. The van der Waals surface area contributed by atoms with Crippen LogP contribution in [0.1, 0.15) is 22.4 Å². The zero-order valence-electron chi connectivity index (χ0n) is 14.8. The predicted molar refractivity (Wildman–Crippen MR) is 112 cm³/mol. The summed E-state index contributed by atoms with van der Waals surface area (Å²) in [6.45, 7) is 8.95. The Balaban J connectivity index is 0. The van der Waals surface area contributed by atoms with Crippen molar-refractivity contribution in [2.24, 2.45) is 11.7 Å². The summed E-state index contributed by atoms with van der Waals surface area (Å²) in [6.07, 6.45) is 0.734. The third kappa shape index (κ3) is 9.38. The van der Waals surface area contributed by atoms with Gasteiger partial charge in [0.25, 0.3) is 5.91 Å². The lowest BCUT2D eigenvalue weighted by molar-refractivity contribution is 0.0933. The minimum atomic E-state index is -0.0789. The first-order valence-corrected chi connectivity index (χ1v) is 8.80.